The van der Waals surface area contributed by atoms with Crippen molar-refractivity contribution in [1.82, 2.24) is 9.80 Å². The van der Waals surface area contributed by atoms with E-state index in [0.29, 0.717) is 19.1 Å². The molecule has 140 valence electrons. The number of nitrogens with zero attached hydrogens (tertiary/aromatic N) is 2. The van der Waals surface area contributed by atoms with Crippen LogP contribution < -0.4 is 0 Å². The third-order valence-electron chi connectivity index (χ3n) is 5.21. The highest BCUT2D eigenvalue weighted by molar-refractivity contribution is 5.79. The number of likely N-dealkylation sites (tertiary alicyclic amines) is 2. The summed E-state index contributed by atoms with van der Waals surface area (Å²) in [5.74, 6) is 1.29. The molecule has 2 aliphatic rings. The van der Waals surface area contributed by atoms with Gasteiger partial charge in [-0.25, -0.2) is 0 Å². The van der Waals surface area contributed by atoms with Crippen LogP contribution in [0.25, 0.3) is 0 Å². The summed E-state index contributed by atoms with van der Waals surface area (Å²) in [7, 11) is 0. The Kier molecular flexibility index (Phi) is 7.08. The van der Waals surface area contributed by atoms with Crippen molar-refractivity contribution in [2.24, 2.45) is 11.8 Å². The summed E-state index contributed by atoms with van der Waals surface area (Å²) in [6.07, 6.45) is 3.66. The molecule has 0 aromatic heterocycles. The van der Waals surface area contributed by atoms with Gasteiger partial charge in [-0.3, -0.25) is 4.79 Å². The van der Waals surface area contributed by atoms with Crippen molar-refractivity contribution >= 4 is 5.91 Å². The molecule has 2 fully saturated rings. The minimum atomic E-state index is -0.458. The number of aliphatic hydroxyl groups excluding tert-OH is 1. The van der Waals surface area contributed by atoms with E-state index in [4.69, 9.17) is 4.74 Å². The third-order valence-corrected chi connectivity index (χ3v) is 5.21. The maximum atomic E-state index is 12.6. The molecule has 2 aliphatic heterocycles. The van der Waals surface area contributed by atoms with E-state index in [1.165, 1.54) is 0 Å². The summed E-state index contributed by atoms with van der Waals surface area (Å²) >= 11 is 0. The van der Waals surface area contributed by atoms with Gasteiger partial charge in [-0.05, 0) is 65.5 Å². The summed E-state index contributed by atoms with van der Waals surface area (Å²) < 4.78 is 5.64. The Labute approximate surface area is 147 Å². The summed E-state index contributed by atoms with van der Waals surface area (Å²) in [6, 6.07) is 0. The zero-order chi connectivity index (χ0) is 17.7. The van der Waals surface area contributed by atoms with Gasteiger partial charge >= 0.3 is 0 Å². The van der Waals surface area contributed by atoms with E-state index < -0.39 is 6.10 Å². The molecule has 5 heteroatoms. The lowest BCUT2D eigenvalue weighted by Crippen LogP contribution is -2.46. The fraction of sp³-hybridized carbons (Fsp3) is 0.947. The second kappa shape index (κ2) is 8.63. The molecule has 24 heavy (non-hydrogen) atoms. The molecule has 0 bridgehead atoms. The van der Waals surface area contributed by atoms with Gasteiger partial charge in [-0.1, -0.05) is 6.92 Å². The van der Waals surface area contributed by atoms with Crippen LogP contribution in [0.1, 0.15) is 53.4 Å². The van der Waals surface area contributed by atoms with E-state index in [9.17, 15) is 9.90 Å². The Bertz CT molecular complexity index is 392. The number of β-amino-alcohol motifs (C(OH)–C–C–N with tert-alkyl or cyclic N) is 1. The first kappa shape index (κ1) is 19.7. The highest BCUT2D eigenvalue weighted by Gasteiger charge is 2.30. The van der Waals surface area contributed by atoms with Gasteiger partial charge < -0.3 is 19.6 Å². The van der Waals surface area contributed by atoms with Crippen LogP contribution in [0.3, 0.4) is 0 Å². The fourth-order valence-corrected chi connectivity index (χ4v) is 3.55. The van der Waals surface area contributed by atoms with Crippen molar-refractivity contribution in [1.29, 1.82) is 0 Å². The van der Waals surface area contributed by atoms with Crippen LogP contribution in [-0.4, -0.2) is 71.8 Å². The van der Waals surface area contributed by atoms with Gasteiger partial charge in [0.1, 0.15) is 0 Å². The lowest BCUT2D eigenvalue weighted by Gasteiger charge is -2.37. The zero-order valence-electron chi connectivity index (χ0n) is 16.0. The average molecular weight is 341 g/mol. The topological polar surface area (TPSA) is 53.0 Å². The zero-order valence-corrected chi connectivity index (χ0v) is 16.0. The predicted molar refractivity (Wildman–Crippen MR) is 95.9 cm³/mol. The van der Waals surface area contributed by atoms with E-state index in [-0.39, 0.29) is 11.5 Å². The van der Waals surface area contributed by atoms with E-state index in [1.54, 1.807) is 0 Å². The van der Waals surface area contributed by atoms with Gasteiger partial charge in [0.05, 0.1) is 18.3 Å². The van der Waals surface area contributed by atoms with Crippen molar-refractivity contribution in [2.75, 3.05) is 39.3 Å². The standard InChI is InChI=1S/C19H36N2O3/c1-15-5-11-21(12-6-15)18(23)16-7-9-20(10-8-16)13-17(22)14-24-19(2,3)4/h15-17,22H,5-14H2,1-4H3. The van der Waals surface area contributed by atoms with Crippen LogP contribution in [0.15, 0.2) is 0 Å². The maximum Gasteiger partial charge on any atom is 0.225 e. The molecule has 1 atom stereocenters. The molecule has 2 rings (SSSR count). The molecule has 0 spiro atoms. The second-order valence-corrected chi connectivity index (χ2v) is 8.66. The molecule has 0 aromatic rings. The molecule has 2 saturated heterocycles. The lowest BCUT2D eigenvalue weighted by atomic mass is 9.92. The molecule has 1 N–H and O–H groups in total. The molecule has 0 aromatic carbocycles. The minimum Gasteiger partial charge on any atom is -0.389 e. The summed E-state index contributed by atoms with van der Waals surface area (Å²) in [6.45, 7) is 12.9. The summed E-state index contributed by atoms with van der Waals surface area (Å²) in [5.41, 5.74) is -0.216. The number of ether oxygens (including phenoxy) is 1. The summed E-state index contributed by atoms with van der Waals surface area (Å²) in [4.78, 5) is 17.0. The Morgan fingerprint density at radius 1 is 1.12 bits per heavy atom. The van der Waals surface area contributed by atoms with Gasteiger partial charge in [-0.15, -0.1) is 0 Å². The molecule has 0 aliphatic carbocycles. The van der Waals surface area contributed by atoms with Crippen LogP contribution in [0.2, 0.25) is 0 Å². The number of aliphatic hydroxyl groups is 1. The van der Waals surface area contributed by atoms with Crippen LogP contribution in [0.5, 0.6) is 0 Å². The van der Waals surface area contributed by atoms with Gasteiger partial charge in [0.15, 0.2) is 0 Å². The van der Waals surface area contributed by atoms with Crippen LogP contribution in [-0.2, 0) is 9.53 Å². The average Bonchev–Trinajstić information content (AvgIpc) is 2.53. The van der Waals surface area contributed by atoms with Gasteiger partial charge in [-0.2, -0.15) is 0 Å². The Morgan fingerprint density at radius 2 is 1.71 bits per heavy atom. The highest BCUT2D eigenvalue weighted by atomic mass is 16.5. The molecule has 1 amide bonds. The Balaban J connectivity index is 1.68. The number of piperidine rings is 2. The lowest BCUT2D eigenvalue weighted by molar-refractivity contribution is -0.138. The van der Waals surface area contributed by atoms with Crippen molar-refractivity contribution in [3.05, 3.63) is 0 Å². The number of carbonyl (C=O) groups excluding carboxylic acids is 1. The number of carbonyl (C=O) groups is 1. The first-order valence-corrected chi connectivity index (χ1v) is 9.58. The highest BCUT2D eigenvalue weighted by Crippen LogP contribution is 2.23. The molecular weight excluding hydrogens is 304 g/mol. The van der Waals surface area contributed by atoms with Crippen molar-refractivity contribution in [2.45, 2.75) is 65.1 Å². The van der Waals surface area contributed by atoms with Gasteiger partial charge in [0, 0.05) is 25.6 Å². The number of rotatable bonds is 5. The largest absolute Gasteiger partial charge is 0.389 e. The molecule has 0 saturated carbocycles. The number of amides is 1. The Morgan fingerprint density at radius 3 is 2.25 bits per heavy atom. The van der Waals surface area contributed by atoms with Crippen molar-refractivity contribution in [3.8, 4) is 0 Å². The fourth-order valence-electron chi connectivity index (χ4n) is 3.55. The number of hydrogen-bond acceptors (Lipinski definition) is 4. The van der Waals surface area contributed by atoms with E-state index >= 15 is 0 Å². The van der Waals surface area contributed by atoms with Gasteiger partial charge in [0.25, 0.3) is 0 Å². The van der Waals surface area contributed by atoms with E-state index in [2.05, 4.69) is 16.7 Å². The normalized spacial score (nSPS) is 23.5. The third kappa shape index (κ3) is 6.34. The minimum absolute atomic E-state index is 0.178. The summed E-state index contributed by atoms with van der Waals surface area (Å²) in [5, 5.41) is 10.1. The van der Waals surface area contributed by atoms with Gasteiger partial charge in [0.2, 0.25) is 5.91 Å². The van der Waals surface area contributed by atoms with Crippen LogP contribution in [0, 0.1) is 11.8 Å². The van der Waals surface area contributed by atoms with Crippen molar-refractivity contribution < 1.29 is 14.6 Å². The molecular formula is C19H36N2O3. The molecule has 0 radical (unpaired) electrons. The first-order valence-electron chi connectivity index (χ1n) is 9.58. The second-order valence-electron chi connectivity index (χ2n) is 8.66. The first-order chi connectivity index (χ1) is 11.2. The maximum absolute atomic E-state index is 12.6. The predicted octanol–water partition coefficient (Wildman–Crippen LogP) is 2.13. The van der Waals surface area contributed by atoms with Crippen molar-refractivity contribution in [3.63, 3.8) is 0 Å². The van der Waals surface area contributed by atoms with E-state index in [1.807, 2.05) is 20.8 Å². The molecule has 5 nitrogen and oxygen atoms in total. The number of hydrogen-bond donors (Lipinski definition) is 1. The molecule has 2 heterocycles. The monoisotopic (exact) mass is 340 g/mol. The smallest absolute Gasteiger partial charge is 0.225 e. The SMILES string of the molecule is CC1CCN(C(=O)C2CCN(CC(O)COC(C)(C)C)CC2)CC1. The molecule has 1 unspecified atom stereocenters. The van der Waals surface area contributed by atoms with Crippen LogP contribution in [0.4, 0.5) is 0 Å². The van der Waals surface area contributed by atoms with Crippen LogP contribution >= 0.6 is 0 Å². The Hall–Kier alpha value is -0.650. The quantitative estimate of drug-likeness (QED) is 0.833. The van der Waals surface area contributed by atoms with E-state index in [0.717, 1.165) is 57.8 Å².